The lowest BCUT2D eigenvalue weighted by Crippen LogP contribution is -2.44. The molecule has 0 bridgehead atoms. The van der Waals surface area contributed by atoms with Gasteiger partial charge < -0.3 is 0 Å². The van der Waals surface area contributed by atoms with Gasteiger partial charge in [-0.3, -0.25) is 9.80 Å². The van der Waals surface area contributed by atoms with E-state index in [0.717, 1.165) is 22.9 Å². The van der Waals surface area contributed by atoms with Crippen molar-refractivity contribution in [1.29, 1.82) is 0 Å². The number of hydrazine groups is 1. The van der Waals surface area contributed by atoms with E-state index in [2.05, 4.69) is 15.9 Å². The Kier molecular flexibility index (Phi) is 3.07. The normalized spacial score (nSPS) is 21.9. The molecule has 1 aromatic rings. The van der Waals surface area contributed by atoms with Gasteiger partial charge >= 0.3 is 0 Å². The molecule has 1 aliphatic rings. The van der Waals surface area contributed by atoms with Crippen molar-refractivity contribution in [2.24, 2.45) is 5.84 Å². The first-order valence-electron chi connectivity index (χ1n) is 5.00. The Bertz CT molecular complexity index is 381. The lowest BCUT2D eigenvalue weighted by Gasteiger charge is -2.29. The van der Waals surface area contributed by atoms with E-state index in [9.17, 15) is 4.79 Å². The summed E-state index contributed by atoms with van der Waals surface area (Å²) in [6.45, 7) is 0.666. The first-order chi connectivity index (χ1) is 7.20. The molecule has 1 amide bonds. The number of nitrogens with zero attached hydrogens (tertiary/aromatic N) is 1. The largest absolute Gasteiger partial charge is 0.280 e. The predicted octanol–water partition coefficient (Wildman–Crippen LogP) is 2.03. The summed E-state index contributed by atoms with van der Waals surface area (Å²) in [5.41, 5.74) is 1.04. The number of carbonyl (C=O) groups excluding carboxylic acids is 1. The van der Waals surface area contributed by atoms with Crippen LogP contribution in [0.2, 0.25) is 0 Å². The van der Waals surface area contributed by atoms with E-state index in [1.54, 1.807) is 0 Å². The molecule has 4 heteroatoms. The summed E-state index contributed by atoms with van der Waals surface area (Å²) in [4.78, 5) is 11.9. The minimum atomic E-state index is -0.0840. The van der Waals surface area contributed by atoms with Gasteiger partial charge in [-0.05, 0) is 24.5 Å². The van der Waals surface area contributed by atoms with Crippen molar-refractivity contribution in [1.82, 2.24) is 5.01 Å². The molecular weight excluding hydrogens is 256 g/mol. The number of carbonyl (C=O) groups is 1. The van der Waals surface area contributed by atoms with Gasteiger partial charge in [0, 0.05) is 11.0 Å². The van der Waals surface area contributed by atoms with Crippen LogP contribution < -0.4 is 5.84 Å². The molecule has 0 aromatic heterocycles. The Balaban J connectivity index is 2.30. The van der Waals surface area contributed by atoms with E-state index in [1.165, 1.54) is 5.01 Å². The molecule has 0 spiro atoms. The van der Waals surface area contributed by atoms with E-state index in [1.807, 2.05) is 24.3 Å². The molecule has 0 saturated carbocycles. The maximum absolute atomic E-state index is 11.9. The maximum atomic E-state index is 11.9. The van der Waals surface area contributed by atoms with Crippen LogP contribution in [0.3, 0.4) is 0 Å². The molecule has 0 aliphatic carbocycles. The fourth-order valence-electron chi connectivity index (χ4n) is 1.95. The van der Waals surface area contributed by atoms with Crippen LogP contribution in [0.1, 0.15) is 24.3 Å². The van der Waals surface area contributed by atoms with Crippen LogP contribution >= 0.6 is 15.9 Å². The Morgan fingerprint density at radius 3 is 2.87 bits per heavy atom. The van der Waals surface area contributed by atoms with Crippen LogP contribution in [0, 0.1) is 0 Å². The van der Waals surface area contributed by atoms with Crippen molar-refractivity contribution in [2.75, 3.05) is 6.54 Å². The Morgan fingerprint density at radius 1 is 1.40 bits per heavy atom. The topological polar surface area (TPSA) is 46.3 Å². The molecule has 1 atom stereocenters. The average Bonchev–Trinajstić information content (AvgIpc) is 2.23. The molecule has 2 rings (SSSR count). The molecule has 3 nitrogen and oxygen atoms in total. The Hall–Kier alpha value is -0.870. The molecule has 1 aromatic carbocycles. The van der Waals surface area contributed by atoms with Crippen LogP contribution in [0.5, 0.6) is 0 Å². The molecule has 1 saturated heterocycles. The quantitative estimate of drug-likeness (QED) is 0.626. The Labute approximate surface area is 97.3 Å². The molecule has 1 fully saturated rings. The summed E-state index contributed by atoms with van der Waals surface area (Å²) in [5.74, 6) is 5.56. The van der Waals surface area contributed by atoms with Gasteiger partial charge in [0.05, 0.1) is 5.92 Å². The highest BCUT2D eigenvalue weighted by Gasteiger charge is 2.29. The summed E-state index contributed by atoms with van der Waals surface area (Å²) < 4.78 is 0.985. The van der Waals surface area contributed by atoms with Crippen molar-refractivity contribution < 1.29 is 4.79 Å². The van der Waals surface area contributed by atoms with Crippen molar-refractivity contribution in [3.05, 3.63) is 34.3 Å². The van der Waals surface area contributed by atoms with E-state index in [0.29, 0.717) is 6.54 Å². The fourth-order valence-corrected chi connectivity index (χ4v) is 2.51. The van der Waals surface area contributed by atoms with Gasteiger partial charge in [0.25, 0.3) is 0 Å². The minimum Gasteiger partial charge on any atom is -0.280 e. The molecule has 1 unspecified atom stereocenters. The summed E-state index contributed by atoms with van der Waals surface area (Å²) in [5, 5.41) is 1.33. The molecule has 0 radical (unpaired) electrons. The molecule has 80 valence electrons. The highest BCUT2D eigenvalue weighted by atomic mass is 79.9. The third-order valence-electron chi connectivity index (χ3n) is 2.75. The zero-order valence-corrected chi connectivity index (χ0v) is 9.90. The number of benzene rings is 1. The van der Waals surface area contributed by atoms with E-state index >= 15 is 0 Å². The third kappa shape index (κ3) is 2.06. The number of halogens is 1. The number of piperidine rings is 1. The van der Waals surface area contributed by atoms with Crippen LogP contribution in [-0.4, -0.2) is 17.5 Å². The van der Waals surface area contributed by atoms with Crippen molar-refractivity contribution >= 4 is 21.8 Å². The maximum Gasteiger partial charge on any atom is 0.244 e. The van der Waals surface area contributed by atoms with Gasteiger partial charge in [0.2, 0.25) is 5.91 Å². The first kappa shape index (κ1) is 10.6. The summed E-state index contributed by atoms with van der Waals surface area (Å²) in [6.07, 6.45) is 1.85. The van der Waals surface area contributed by atoms with Crippen molar-refractivity contribution in [2.45, 2.75) is 18.8 Å². The molecule has 1 aliphatic heterocycles. The van der Waals surface area contributed by atoms with Crippen LogP contribution in [-0.2, 0) is 4.79 Å². The highest BCUT2D eigenvalue weighted by Crippen LogP contribution is 2.31. The lowest BCUT2D eigenvalue weighted by molar-refractivity contribution is -0.135. The molecule has 2 N–H and O–H groups in total. The summed E-state index contributed by atoms with van der Waals surface area (Å²) in [6, 6.07) is 7.83. The van der Waals surface area contributed by atoms with Crippen molar-refractivity contribution in [3.63, 3.8) is 0 Å². The van der Waals surface area contributed by atoms with Gasteiger partial charge in [-0.25, -0.2) is 5.84 Å². The van der Waals surface area contributed by atoms with Crippen LogP contribution in [0.4, 0.5) is 0 Å². The van der Waals surface area contributed by atoms with Gasteiger partial charge in [0.15, 0.2) is 0 Å². The number of hydrogen-bond acceptors (Lipinski definition) is 2. The second-order valence-electron chi connectivity index (χ2n) is 3.75. The Morgan fingerprint density at radius 2 is 2.13 bits per heavy atom. The number of rotatable bonds is 1. The second-order valence-corrected chi connectivity index (χ2v) is 4.60. The number of hydrogen-bond donors (Lipinski definition) is 1. The zero-order chi connectivity index (χ0) is 10.8. The number of amides is 1. The van der Waals surface area contributed by atoms with E-state index in [-0.39, 0.29) is 11.8 Å². The fraction of sp³-hybridized carbons (Fsp3) is 0.364. The smallest absolute Gasteiger partial charge is 0.244 e. The average molecular weight is 269 g/mol. The van der Waals surface area contributed by atoms with Gasteiger partial charge in [-0.1, -0.05) is 34.1 Å². The lowest BCUT2D eigenvalue weighted by atomic mass is 9.90. The van der Waals surface area contributed by atoms with Crippen molar-refractivity contribution in [3.8, 4) is 0 Å². The van der Waals surface area contributed by atoms with Crippen LogP contribution in [0.25, 0.3) is 0 Å². The van der Waals surface area contributed by atoms with Gasteiger partial charge in [-0.15, -0.1) is 0 Å². The van der Waals surface area contributed by atoms with E-state index < -0.39 is 0 Å². The summed E-state index contributed by atoms with van der Waals surface area (Å²) in [7, 11) is 0. The highest BCUT2D eigenvalue weighted by molar-refractivity contribution is 9.10. The third-order valence-corrected chi connectivity index (χ3v) is 3.48. The molecule has 1 heterocycles. The first-order valence-corrected chi connectivity index (χ1v) is 5.80. The summed E-state index contributed by atoms with van der Waals surface area (Å²) >= 11 is 3.47. The van der Waals surface area contributed by atoms with E-state index in [4.69, 9.17) is 5.84 Å². The monoisotopic (exact) mass is 268 g/mol. The SMILES string of the molecule is NN1CCCC(c2ccccc2Br)C1=O. The van der Waals surface area contributed by atoms with Gasteiger partial charge in [-0.2, -0.15) is 0 Å². The predicted molar refractivity (Wildman–Crippen MR) is 62.0 cm³/mol. The standard InChI is InChI=1S/C11H13BrN2O/c12-10-6-2-1-4-8(10)9-5-3-7-14(13)11(9)15/h1-2,4,6,9H,3,5,7,13H2. The minimum absolute atomic E-state index is 0.0214. The molecule has 15 heavy (non-hydrogen) atoms. The molecular formula is C11H13BrN2O. The zero-order valence-electron chi connectivity index (χ0n) is 8.32. The second kappa shape index (κ2) is 4.33. The van der Waals surface area contributed by atoms with Gasteiger partial charge in [0.1, 0.15) is 0 Å². The van der Waals surface area contributed by atoms with Crippen LogP contribution in [0.15, 0.2) is 28.7 Å². The number of nitrogens with two attached hydrogens (primary N) is 1.